The minimum Gasteiger partial charge on any atom is -0.488 e. The quantitative estimate of drug-likeness (QED) is 0.278. The van der Waals surface area contributed by atoms with Gasteiger partial charge in [-0.2, -0.15) is 0 Å². The van der Waals surface area contributed by atoms with Gasteiger partial charge in [0.2, 0.25) is 0 Å². The molecule has 3 heteroatoms. The van der Waals surface area contributed by atoms with Gasteiger partial charge in [-0.1, -0.05) is 101 Å². The first-order chi connectivity index (χ1) is 17.4. The van der Waals surface area contributed by atoms with Crippen molar-refractivity contribution in [2.75, 3.05) is 0 Å². The van der Waals surface area contributed by atoms with Gasteiger partial charge in [-0.25, -0.2) is 4.98 Å². The molecule has 2 heterocycles. The summed E-state index contributed by atoms with van der Waals surface area (Å²) >= 11 is 0. The van der Waals surface area contributed by atoms with E-state index in [9.17, 15) is 0 Å². The zero-order valence-electron chi connectivity index (χ0n) is 22.2. The van der Waals surface area contributed by atoms with E-state index in [0.717, 1.165) is 45.9 Å². The van der Waals surface area contributed by atoms with Crippen LogP contribution in [0.25, 0.3) is 22.2 Å². The lowest BCUT2D eigenvalue weighted by Gasteiger charge is -2.25. The van der Waals surface area contributed by atoms with Crippen molar-refractivity contribution in [3.8, 4) is 17.0 Å². The Morgan fingerprint density at radius 3 is 2.44 bits per heavy atom. The summed E-state index contributed by atoms with van der Waals surface area (Å²) in [7, 11) is 0. The molecule has 1 fully saturated rings. The number of fused-ring (bicyclic) bond motifs is 1. The highest BCUT2D eigenvalue weighted by Crippen LogP contribution is 2.37. The van der Waals surface area contributed by atoms with Crippen LogP contribution in [0.3, 0.4) is 0 Å². The molecule has 5 rings (SSSR count). The number of rotatable bonds is 6. The number of aryl methyl sites for hydroxylation is 1. The topological polar surface area (TPSA) is 35.0 Å². The molecular formula is C33H38N2O. The van der Waals surface area contributed by atoms with E-state index in [1.807, 2.05) is 25.3 Å². The maximum absolute atomic E-state index is 6.44. The van der Waals surface area contributed by atoms with Crippen molar-refractivity contribution in [1.29, 1.82) is 0 Å². The summed E-state index contributed by atoms with van der Waals surface area (Å²) in [4.78, 5) is 9.69. The number of benzene rings is 2. The van der Waals surface area contributed by atoms with Crippen molar-refractivity contribution in [1.82, 2.24) is 9.97 Å². The Morgan fingerprint density at radius 1 is 0.917 bits per heavy atom. The molecule has 0 N–H and O–H groups in total. The lowest BCUT2D eigenvalue weighted by atomic mass is 9.80. The average molecular weight is 479 g/mol. The fourth-order valence-electron chi connectivity index (χ4n) is 5.48. The van der Waals surface area contributed by atoms with Crippen LogP contribution in [0, 0.1) is 12.8 Å². The fraction of sp³-hybridized carbons (Fsp3) is 0.394. The van der Waals surface area contributed by atoms with Crippen molar-refractivity contribution in [2.45, 2.75) is 78.2 Å². The minimum atomic E-state index is 0.114. The van der Waals surface area contributed by atoms with Crippen LogP contribution in [0.2, 0.25) is 0 Å². The number of nitrogens with zero attached hydrogens (tertiary/aromatic N) is 2. The molecule has 0 bridgehead atoms. The van der Waals surface area contributed by atoms with Gasteiger partial charge in [0.05, 0.1) is 22.3 Å². The molecule has 1 aliphatic rings. The van der Waals surface area contributed by atoms with Gasteiger partial charge in [-0.3, -0.25) is 4.98 Å². The molecule has 1 saturated carbocycles. The van der Waals surface area contributed by atoms with Crippen LogP contribution in [-0.2, 0) is 18.4 Å². The Bertz CT molecular complexity index is 1330. The summed E-state index contributed by atoms with van der Waals surface area (Å²) in [5, 5.41) is 0.998. The highest BCUT2D eigenvalue weighted by atomic mass is 16.5. The summed E-state index contributed by atoms with van der Waals surface area (Å²) in [5.74, 6) is 1.61. The SMILES string of the molecule is Cc1nccc2nc(-c3ccc(C(C)(C)C)cc3CC3CCCCC3)cc(OCc3ccccc3)c12. The molecule has 186 valence electrons. The van der Waals surface area contributed by atoms with E-state index in [1.54, 1.807) is 0 Å². The molecule has 2 aromatic carbocycles. The first-order valence-electron chi connectivity index (χ1n) is 13.5. The van der Waals surface area contributed by atoms with E-state index in [1.165, 1.54) is 48.8 Å². The highest BCUT2D eigenvalue weighted by Gasteiger charge is 2.21. The first kappa shape index (κ1) is 24.5. The molecule has 1 aliphatic carbocycles. The highest BCUT2D eigenvalue weighted by molar-refractivity contribution is 5.90. The van der Waals surface area contributed by atoms with Crippen LogP contribution < -0.4 is 4.74 Å². The molecule has 0 saturated heterocycles. The summed E-state index contributed by atoms with van der Waals surface area (Å²) < 4.78 is 6.44. The zero-order chi connectivity index (χ0) is 25.1. The Balaban J connectivity index is 1.59. The molecule has 0 amide bonds. The van der Waals surface area contributed by atoms with Gasteiger partial charge in [-0.15, -0.1) is 0 Å². The Morgan fingerprint density at radius 2 is 1.69 bits per heavy atom. The summed E-state index contributed by atoms with van der Waals surface area (Å²) in [6.45, 7) is 9.45. The van der Waals surface area contributed by atoms with Crippen molar-refractivity contribution < 1.29 is 4.74 Å². The van der Waals surface area contributed by atoms with Gasteiger partial charge in [0.1, 0.15) is 12.4 Å². The average Bonchev–Trinajstić information content (AvgIpc) is 2.88. The van der Waals surface area contributed by atoms with E-state index in [4.69, 9.17) is 9.72 Å². The van der Waals surface area contributed by atoms with Gasteiger partial charge in [0, 0.05) is 17.8 Å². The molecule has 0 unspecified atom stereocenters. The second kappa shape index (κ2) is 10.4. The first-order valence-corrected chi connectivity index (χ1v) is 13.5. The molecular weight excluding hydrogens is 440 g/mol. The molecule has 3 nitrogen and oxygen atoms in total. The summed E-state index contributed by atoms with van der Waals surface area (Å²) in [6, 6.07) is 21.5. The van der Waals surface area contributed by atoms with Gasteiger partial charge in [-0.05, 0) is 47.4 Å². The number of pyridine rings is 2. The fourth-order valence-corrected chi connectivity index (χ4v) is 5.48. The Hall–Kier alpha value is -3.20. The smallest absolute Gasteiger partial charge is 0.133 e. The molecule has 0 spiro atoms. The van der Waals surface area contributed by atoms with Gasteiger partial charge in [0.15, 0.2) is 0 Å². The van der Waals surface area contributed by atoms with Crippen molar-refractivity contribution in [2.24, 2.45) is 5.92 Å². The van der Waals surface area contributed by atoms with Crippen molar-refractivity contribution >= 4 is 10.9 Å². The van der Waals surface area contributed by atoms with Crippen LogP contribution in [0.15, 0.2) is 66.9 Å². The van der Waals surface area contributed by atoms with E-state index < -0.39 is 0 Å². The van der Waals surface area contributed by atoms with Crippen LogP contribution in [0.5, 0.6) is 5.75 Å². The number of hydrogen-bond donors (Lipinski definition) is 0. The Kier molecular flexibility index (Phi) is 7.09. The maximum Gasteiger partial charge on any atom is 0.133 e. The van der Waals surface area contributed by atoms with Crippen LogP contribution in [-0.4, -0.2) is 9.97 Å². The van der Waals surface area contributed by atoms with E-state index in [0.29, 0.717) is 6.61 Å². The van der Waals surface area contributed by atoms with Gasteiger partial charge in [0.25, 0.3) is 0 Å². The van der Waals surface area contributed by atoms with Gasteiger partial charge < -0.3 is 4.74 Å². The molecule has 36 heavy (non-hydrogen) atoms. The van der Waals surface area contributed by atoms with Crippen molar-refractivity contribution in [3.05, 3.63) is 89.2 Å². The lowest BCUT2D eigenvalue weighted by Crippen LogP contribution is -2.14. The zero-order valence-corrected chi connectivity index (χ0v) is 22.2. The van der Waals surface area contributed by atoms with Crippen LogP contribution in [0.4, 0.5) is 0 Å². The minimum absolute atomic E-state index is 0.114. The van der Waals surface area contributed by atoms with Crippen LogP contribution >= 0.6 is 0 Å². The third-order valence-corrected chi connectivity index (χ3v) is 7.59. The molecule has 0 radical (unpaired) electrons. The Labute approximate surface area is 216 Å². The maximum atomic E-state index is 6.44. The summed E-state index contributed by atoms with van der Waals surface area (Å²) in [6.07, 6.45) is 9.73. The second-order valence-corrected chi connectivity index (χ2v) is 11.4. The third-order valence-electron chi connectivity index (χ3n) is 7.59. The van der Waals surface area contributed by atoms with Gasteiger partial charge >= 0.3 is 0 Å². The molecule has 2 aromatic heterocycles. The normalized spacial score (nSPS) is 14.8. The number of ether oxygens (including phenoxy) is 1. The molecule has 0 atom stereocenters. The van der Waals surface area contributed by atoms with E-state index >= 15 is 0 Å². The third kappa shape index (κ3) is 5.46. The van der Waals surface area contributed by atoms with E-state index in [2.05, 4.69) is 74.3 Å². The van der Waals surface area contributed by atoms with Crippen LogP contribution in [0.1, 0.15) is 75.3 Å². The largest absolute Gasteiger partial charge is 0.488 e. The van der Waals surface area contributed by atoms with Crippen molar-refractivity contribution in [3.63, 3.8) is 0 Å². The number of hydrogen-bond acceptors (Lipinski definition) is 3. The monoisotopic (exact) mass is 478 g/mol. The predicted molar refractivity (Wildman–Crippen MR) is 149 cm³/mol. The van der Waals surface area contributed by atoms with E-state index in [-0.39, 0.29) is 5.41 Å². The summed E-state index contributed by atoms with van der Waals surface area (Å²) in [5.41, 5.74) is 8.17. The standard InChI is InChI=1S/C33H38N2O/c1-23-32-29(17-18-34-23)35-30(21-31(32)36-22-25-13-9-6-10-14-25)28-16-15-27(33(2,3)4)20-26(28)19-24-11-7-5-8-12-24/h6,9-10,13-18,20-21,24H,5,7-8,11-12,19,22H2,1-4H3. The predicted octanol–water partition coefficient (Wildman–Crippen LogP) is 8.60. The molecule has 0 aliphatic heterocycles. The lowest BCUT2D eigenvalue weighted by molar-refractivity contribution is 0.310. The second-order valence-electron chi connectivity index (χ2n) is 11.4. The number of aromatic nitrogens is 2. The molecule has 4 aromatic rings.